The van der Waals surface area contributed by atoms with Crippen LogP contribution in [0.3, 0.4) is 0 Å². The fourth-order valence-corrected chi connectivity index (χ4v) is 0.824. The first-order chi connectivity index (χ1) is 9.05. The predicted octanol–water partition coefficient (Wildman–Crippen LogP) is 4.40. The molecule has 1 amide bonds. The second-order valence-corrected chi connectivity index (χ2v) is 5.21. The Morgan fingerprint density at radius 2 is 1.24 bits per heavy atom. The number of alkyl halides is 7. The molecule has 0 fully saturated rings. The first-order valence-electron chi connectivity index (χ1n) is 6.18. The van der Waals surface area contributed by atoms with Crippen molar-refractivity contribution in [3.05, 3.63) is 0 Å². The van der Waals surface area contributed by atoms with Crippen molar-refractivity contribution in [2.45, 2.75) is 65.6 Å². The zero-order valence-corrected chi connectivity index (χ0v) is 12.6. The second-order valence-electron chi connectivity index (χ2n) is 5.21. The van der Waals surface area contributed by atoms with Crippen LogP contribution in [0.1, 0.15) is 41.5 Å². The lowest BCUT2D eigenvalue weighted by atomic mass is 9.88. The Labute approximate surface area is 119 Å². The lowest BCUT2D eigenvalue weighted by Gasteiger charge is -2.32. The minimum absolute atomic E-state index is 0.779. The van der Waals surface area contributed by atoms with Gasteiger partial charge < -0.3 is 5.32 Å². The maximum absolute atomic E-state index is 13.0. The molecular formula is C12H20F7NO. The third kappa shape index (κ3) is 5.03. The normalized spacial score (nSPS) is 14.9. The number of halogens is 7. The lowest BCUT2D eigenvalue weighted by Crippen LogP contribution is -2.61. The van der Waals surface area contributed by atoms with Gasteiger partial charge in [-0.25, -0.2) is 0 Å². The third-order valence-corrected chi connectivity index (χ3v) is 2.68. The van der Waals surface area contributed by atoms with Crippen LogP contribution in [0.5, 0.6) is 0 Å². The fourth-order valence-electron chi connectivity index (χ4n) is 0.824. The van der Waals surface area contributed by atoms with Gasteiger partial charge in [0.05, 0.1) is 0 Å². The molecule has 0 aliphatic heterocycles. The molecule has 0 heterocycles. The van der Waals surface area contributed by atoms with E-state index in [2.05, 4.69) is 0 Å². The summed E-state index contributed by atoms with van der Waals surface area (Å²) in [6.07, 6.45) is -6.52. The zero-order chi connectivity index (χ0) is 17.9. The number of hydrogen-bond donors (Lipinski definition) is 1. The highest BCUT2D eigenvalue weighted by molar-refractivity contribution is 5.85. The van der Waals surface area contributed by atoms with Crippen molar-refractivity contribution in [3.63, 3.8) is 0 Å². The molecule has 128 valence electrons. The smallest absolute Gasteiger partial charge is 0.348 e. The Morgan fingerprint density at radius 1 is 0.905 bits per heavy atom. The topological polar surface area (TPSA) is 29.1 Å². The van der Waals surface area contributed by atoms with Gasteiger partial charge in [0.15, 0.2) is 0 Å². The van der Waals surface area contributed by atoms with Crippen LogP contribution in [0.25, 0.3) is 0 Å². The van der Waals surface area contributed by atoms with Gasteiger partial charge in [0.2, 0.25) is 0 Å². The van der Waals surface area contributed by atoms with Gasteiger partial charge in [-0.3, -0.25) is 4.79 Å². The molecule has 1 N–H and O–H groups in total. The van der Waals surface area contributed by atoms with Crippen LogP contribution in [-0.2, 0) is 4.79 Å². The van der Waals surface area contributed by atoms with Gasteiger partial charge in [-0.05, 0) is 12.3 Å². The largest absolute Gasteiger partial charge is 0.460 e. The Bertz CT molecular complexity index is 344. The maximum atomic E-state index is 13.0. The van der Waals surface area contributed by atoms with Crippen molar-refractivity contribution in [3.8, 4) is 0 Å². The third-order valence-electron chi connectivity index (χ3n) is 2.68. The first-order valence-corrected chi connectivity index (χ1v) is 6.18. The van der Waals surface area contributed by atoms with E-state index in [1.54, 1.807) is 0 Å². The van der Waals surface area contributed by atoms with E-state index in [0.29, 0.717) is 0 Å². The minimum Gasteiger partial charge on any atom is -0.348 e. The highest BCUT2D eigenvalue weighted by Crippen LogP contribution is 2.46. The Balaban J connectivity index is 0. The molecule has 0 aromatic heterocycles. The number of rotatable bonds is 3. The van der Waals surface area contributed by atoms with Gasteiger partial charge in [0, 0.05) is 6.04 Å². The van der Waals surface area contributed by atoms with Crippen molar-refractivity contribution in [2.75, 3.05) is 0 Å². The summed E-state index contributed by atoms with van der Waals surface area (Å²) in [6.45, 7) is 9.72. The Kier molecular flexibility index (Phi) is 7.24. The molecule has 0 bridgehead atoms. The van der Waals surface area contributed by atoms with E-state index in [4.69, 9.17) is 0 Å². The van der Waals surface area contributed by atoms with E-state index in [0.717, 1.165) is 0 Å². The number of amides is 1. The Hall–Kier alpha value is -1.02. The molecular weight excluding hydrogens is 307 g/mol. The molecule has 1 unspecified atom stereocenters. The molecule has 0 aromatic rings. The van der Waals surface area contributed by atoms with E-state index in [-0.39, 0.29) is 0 Å². The average Bonchev–Trinajstić information content (AvgIpc) is 2.28. The number of carbonyl (C=O) groups is 1. The number of carbonyl (C=O) groups excluding carboxylic acids is 1. The molecule has 0 rings (SSSR count). The molecule has 1 atom stereocenters. The summed E-state index contributed by atoms with van der Waals surface area (Å²) in [5.41, 5.74) is -0.779. The van der Waals surface area contributed by atoms with Gasteiger partial charge in [0.1, 0.15) is 0 Å². The molecule has 9 heteroatoms. The maximum Gasteiger partial charge on any atom is 0.460 e. The SMILES string of the molecule is CC.CC(NC(=O)C(F)(F)C(F)(F)C(F)(F)F)C(C)(C)C. The highest BCUT2D eigenvalue weighted by Gasteiger charge is 2.76. The van der Waals surface area contributed by atoms with Crippen LogP contribution in [0.15, 0.2) is 0 Å². The quantitative estimate of drug-likeness (QED) is 0.765. The molecule has 2 nitrogen and oxygen atoms in total. The fraction of sp³-hybridized carbons (Fsp3) is 0.917. The molecule has 0 spiro atoms. The van der Waals surface area contributed by atoms with E-state index >= 15 is 0 Å². The molecule has 0 aliphatic rings. The first kappa shape index (κ1) is 22.3. The standard InChI is InChI=1S/C10H14F7NO.C2H6/c1-5(7(2,3)4)18-6(19)8(11,12)9(13,14)10(15,16)17;1-2/h5H,1-4H3,(H,18,19);1-2H3. The van der Waals surface area contributed by atoms with Crippen LogP contribution in [0.4, 0.5) is 30.7 Å². The van der Waals surface area contributed by atoms with Gasteiger partial charge in [0.25, 0.3) is 5.91 Å². The van der Waals surface area contributed by atoms with Crippen molar-refractivity contribution in [1.29, 1.82) is 0 Å². The summed E-state index contributed by atoms with van der Waals surface area (Å²) in [6, 6.07) is -1.02. The van der Waals surface area contributed by atoms with Gasteiger partial charge in [-0.15, -0.1) is 0 Å². The number of hydrogen-bond acceptors (Lipinski definition) is 1. The van der Waals surface area contributed by atoms with E-state index in [9.17, 15) is 35.5 Å². The highest BCUT2D eigenvalue weighted by atomic mass is 19.4. The monoisotopic (exact) mass is 327 g/mol. The van der Waals surface area contributed by atoms with Gasteiger partial charge in [-0.1, -0.05) is 34.6 Å². The molecule has 0 saturated carbocycles. The summed E-state index contributed by atoms with van der Waals surface area (Å²) in [5.74, 6) is -15.0. The van der Waals surface area contributed by atoms with Crippen molar-refractivity contribution < 1.29 is 35.5 Å². The minimum atomic E-state index is -6.52. The van der Waals surface area contributed by atoms with Crippen LogP contribution in [0, 0.1) is 5.41 Å². The van der Waals surface area contributed by atoms with Gasteiger partial charge >= 0.3 is 18.0 Å². The zero-order valence-electron chi connectivity index (χ0n) is 12.6. The van der Waals surface area contributed by atoms with Crippen molar-refractivity contribution >= 4 is 5.91 Å². The van der Waals surface area contributed by atoms with E-state index in [1.165, 1.54) is 33.0 Å². The second kappa shape index (κ2) is 6.83. The summed E-state index contributed by atoms with van der Waals surface area (Å²) < 4.78 is 86.6. The molecule has 0 saturated heterocycles. The Morgan fingerprint density at radius 3 is 1.48 bits per heavy atom. The molecule has 21 heavy (non-hydrogen) atoms. The molecule has 0 aliphatic carbocycles. The summed E-state index contributed by atoms with van der Waals surface area (Å²) in [4.78, 5) is 11.0. The number of nitrogens with one attached hydrogen (secondary N) is 1. The van der Waals surface area contributed by atoms with Crippen molar-refractivity contribution in [1.82, 2.24) is 5.32 Å². The lowest BCUT2D eigenvalue weighted by molar-refractivity contribution is -0.344. The van der Waals surface area contributed by atoms with E-state index < -0.39 is 35.4 Å². The van der Waals surface area contributed by atoms with Crippen molar-refractivity contribution in [2.24, 2.45) is 5.41 Å². The summed E-state index contributed by atoms with van der Waals surface area (Å²) >= 11 is 0. The van der Waals surface area contributed by atoms with Gasteiger partial charge in [-0.2, -0.15) is 30.7 Å². The summed E-state index contributed by atoms with van der Waals surface area (Å²) in [5, 5.41) is 1.47. The van der Waals surface area contributed by atoms with Crippen LogP contribution in [-0.4, -0.2) is 30.0 Å². The van der Waals surface area contributed by atoms with E-state index in [1.807, 2.05) is 13.8 Å². The molecule has 0 aromatic carbocycles. The van der Waals surface area contributed by atoms with Crippen LogP contribution in [0.2, 0.25) is 0 Å². The predicted molar refractivity (Wildman–Crippen MR) is 64.4 cm³/mol. The molecule has 0 radical (unpaired) electrons. The summed E-state index contributed by atoms with van der Waals surface area (Å²) in [7, 11) is 0. The van der Waals surface area contributed by atoms with Crippen LogP contribution < -0.4 is 5.32 Å². The average molecular weight is 327 g/mol. The van der Waals surface area contributed by atoms with Crippen LogP contribution >= 0.6 is 0 Å².